The van der Waals surface area contributed by atoms with Crippen LogP contribution in [0.3, 0.4) is 0 Å². The Labute approximate surface area is 67.7 Å². The Bertz CT molecular complexity index is 225. The predicted octanol–water partition coefficient (Wildman–Crippen LogP) is 2.26. The lowest BCUT2D eigenvalue weighted by molar-refractivity contribution is 0.608. The van der Waals surface area contributed by atoms with E-state index in [1.54, 1.807) is 6.07 Å². The van der Waals surface area contributed by atoms with Crippen LogP contribution in [-0.4, -0.2) is 4.55 Å². The first-order chi connectivity index (χ1) is 4.70. The van der Waals surface area contributed by atoms with Crippen molar-refractivity contribution in [3.63, 3.8) is 0 Å². The van der Waals surface area contributed by atoms with Crippen LogP contribution in [0.15, 0.2) is 29.2 Å². The molecule has 10 heavy (non-hydrogen) atoms. The van der Waals surface area contributed by atoms with E-state index >= 15 is 0 Å². The van der Waals surface area contributed by atoms with E-state index in [1.807, 2.05) is 25.1 Å². The first-order valence-corrected chi connectivity index (χ1v) is 4.82. The highest BCUT2D eigenvalue weighted by atomic mass is 35.7. The summed E-state index contributed by atoms with van der Waals surface area (Å²) in [5.74, 6) is 0. The lowest BCUT2D eigenvalue weighted by Crippen LogP contribution is -1.89. The zero-order valence-electron chi connectivity index (χ0n) is 5.50. The molecule has 54 valence electrons. The van der Waals surface area contributed by atoms with E-state index in [4.69, 9.17) is 10.7 Å². The molecule has 0 aromatic heterocycles. The number of halogens is 1. The fourth-order valence-electron chi connectivity index (χ4n) is 0.715. The Morgan fingerprint density at radius 3 is 2.60 bits per heavy atom. The van der Waals surface area contributed by atoms with Gasteiger partial charge in [-0.1, -0.05) is 12.1 Å². The quantitative estimate of drug-likeness (QED) is 0.599. The van der Waals surface area contributed by atoms with Crippen LogP contribution in [0.4, 0.5) is 0 Å². The monoisotopic (exact) mass is 174 g/mol. The van der Waals surface area contributed by atoms with E-state index < -0.39 is 10.4 Å². The van der Waals surface area contributed by atoms with Crippen LogP contribution in [0, 0.1) is 6.92 Å². The van der Waals surface area contributed by atoms with Crippen LogP contribution in [0.1, 0.15) is 5.56 Å². The molecule has 0 bridgehead atoms. The summed E-state index contributed by atoms with van der Waals surface area (Å²) >= 11 is 0. The molecule has 1 nitrogen and oxygen atoms in total. The van der Waals surface area contributed by atoms with E-state index in [-0.39, 0.29) is 0 Å². The summed E-state index contributed by atoms with van der Waals surface area (Å²) < 4.78 is 10.7. The SMILES string of the molecule is Cc1cccc([S+]([O-])Cl)c1. The van der Waals surface area contributed by atoms with Crippen molar-refractivity contribution in [2.24, 2.45) is 0 Å². The number of hydrogen-bond acceptors (Lipinski definition) is 1. The summed E-state index contributed by atoms with van der Waals surface area (Å²) in [7, 11) is 3.98. The maximum Gasteiger partial charge on any atom is 0.181 e. The summed E-state index contributed by atoms with van der Waals surface area (Å²) in [5.41, 5.74) is 1.08. The fourth-order valence-corrected chi connectivity index (χ4v) is 1.47. The van der Waals surface area contributed by atoms with Crippen LogP contribution in [0.5, 0.6) is 0 Å². The molecule has 3 heteroatoms. The van der Waals surface area contributed by atoms with Gasteiger partial charge >= 0.3 is 0 Å². The number of hydrogen-bond donors (Lipinski definition) is 0. The molecule has 1 aromatic carbocycles. The maximum atomic E-state index is 10.7. The van der Waals surface area contributed by atoms with Gasteiger partial charge in [-0.25, -0.2) is 0 Å². The fraction of sp³-hybridized carbons (Fsp3) is 0.143. The molecule has 1 atom stereocenters. The largest absolute Gasteiger partial charge is 0.594 e. The van der Waals surface area contributed by atoms with Gasteiger partial charge in [-0.05, 0) is 24.6 Å². The van der Waals surface area contributed by atoms with Crippen LogP contribution in [0.25, 0.3) is 0 Å². The van der Waals surface area contributed by atoms with Gasteiger partial charge in [-0.15, -0.1) is 0 Å². The minimum Gasteiger partial charge on any atom is -0.594 e. The third kappa shape index (κ3) is 1.90. The molecule has 0 aliphatic rings. The number of rotatable bonds is 1. The molecule has 0 aliphatic carbocycles. The number of aryl methyl sites for hydroxylation is 1. The molecule has 1 unspecified atom stereocenters. The summed E-state index contributed by atoms with van der Waals surface area (Å²) in [5, 5.41) is 0. The Morgan fingerprint density at radius 1 is 1.50 bits per heavy atom. The maximum absolute atomic E-state index is 10.7. The molecule has 0 radical (unpaired) electrons. The van der Waals surface area contributed by atoms with Crippen molar-refractivity contribution in [2.45, 2.75) is 11.8 Å². The standard InChI is InChI=1S/C7H7ClOS/c1-6-3-2-4-7(5-6)10(8)9/h2-5H,1H3. The first kappa shape index (κ1) is 7.92. The molecule has 0 spiro atoms. The lowest BCUT2D eigenvalue weighted by Gasteiger charge is -1.98. The van der Waals surface area contributed by atoms with Gasteiger partial charge < -0.3 is 4.55 Å². The van der Waals surface area contributed by atoms with Gasteiger partial charge in [0.25, 0.3) is 0 Å². The molecule has 1 aromatic rings. The van der Waals surface area contributed by atoms with Crippen molar-refractivity contribution < 1.29 is 4.55 Å². The van der Waals surface area contributed by atoms with E-state index in [1.165, 1.54) is 0 Å². The normalized spacial score (nSPS) is 13.1. The van der Waals surface area contributed by atoms with Gasteiger partial charge in [0, 0.05) is 0 Å². The second-order valence-corrected chi connectivity index (χ2v) is 3.80. The summed E-state index contributed by atoms with van der Waals surface area (Å²) in [6.07, 6.45) is 0. The second-order valence-electron chi connectivity index (χ2n) is 2.04. The van der Waals surface area contributed by atoms with Crippen molar-refractivity contribution in [1.82, 2.24) is 0 Å². The van der Waals surface area contributed by atoms with Crippen molar-refractivity contribution in [3.05, 3.63) is 29.8 Å². The van der Waals surface area contributed by atoms with E-state index in [2.05, 4.69) is 0 Å². The van der Waals surface area contributed by atoms with E-state index in [9.17, 15) is 4.55 Å². The molecular formula is C7H7ClOS. The smallest absolute Gasteiger partial charge is 0.181 e. The average Bonchev–Trinajstić information content (AvgIpc) is 1.88. The minimum absolute atomic E-state index is 0.668. The summed E-state index contributed by atoms with van der Waals surface area (Å²) in [4.78, 5) is 0.668. The van der Waals surface area contributed by atoms with Crippen LogP contribution in [-0.2, 0) is 10.4 Å². The van der Waals surface area contributed by atoms with Crippen molar-refractivity contribution >= 4 is 21.1 Å². The Kier molecular flexibility index (Phi) is 2.60. The summed E-state index contributed by atoms with van der Waals surface area (Å²) in [6, 6.07) is 7.33. The number of benzene rings is 1. The Balaban J connectivity index is 2.96. The van der Waals surface area contributed by atoms with E-state index in [0.717, 1.165) is 5.56 Å². The Hall–Kier alpha value is -0.180. The van der Waals surface area contributed by atoms with Gasteiger partial charge in [0.1, 0.15) is 10.4 Å². The molecule has 0 saturated carbocycles. The topological polar surface area (TPSA) is 23.1 Å². The molecule has 0 saturated heterocycles. The van der Waals surface area contributed by atoms with Crippen LogP contribution >= 0.6 is 10.7 Å². The van der Waals surface area contributed by atoms with Crippen molar-refractivity contribution in [3.8, 4) is 0 Å². The average molecular weight is 175 g/mol. The van der Waals surface area contributed by atoms with E-state index in [0.29, 0.717) is 4.90 Å². The van der Waals surface area contributed by atoms with Gasteiger partial charge in [0.2, 0.25) is 0 Å². The highest BCUT2D eigenvalue weighted by molar-refractivity contribution is 8.13. The van der Waals surface area contributed by atoms with Gasteiger partial charge in [0.05, 0.1) is 0 Å². The molecule has 0 amide bonds. The molecule has 0 N–H and O–H groups in total. The third-order valence-electron chi connectivity index (χ3n) is 1.17. The molecule has 0 aliphatic heterocycles. The van der Waals surface area contributed by atoms with Gasteiger partial charge in [-0.3, -0.25) is 0 Å². The molecule has 0 heterocycles. The molecular weight excluding hydrogens is 168 g/mol. The zero-order valence-corrected chi connectivity index (χ0v) is 7.08. The summed E-state index contributed by atoms with van der Waals surface area (Å²) in [6.45, 7) is 1.94. The van der Waals surface area contributed by atoms with Gasteiger partial charge in [-0.2, -0.15) is 0 Å². The van der Waals surface area contributed by atoms with Gasteiger partial charge in [0.15, 0.2) is 15.6 Å². The molecule has 1 rings (SSSR count). The minimum atomic E-state index is -1.37. The first-order valence-electron chi connectivity index (χ1n) is 2.85. The van der Waals surface area contributed by atoms with Crippen molar-refractivity contribution in [2.75, 3.05) is 0 Å². The zero-order chi connectivity index (χ0) is 7.56. The third-order valence-corrected chi connectivity index (χ3v) is 2.33. The molecule has 0 fully saturated rings. The van der Waals surface area contributed by atoms with Crippen molar-refractivity contribution in [1.29, 1.82) is 0 Å². The highest BCUT2D eigenvalue weighted by Gasteiger charge is 2.05. The Morgan fingerprint density at radius 2 is 2.20 bits per heavy atom. The second kappa shape index (κ2) is 3.28. The highest BCUT2D eigenvalue weighted by Crippen LogP contribution is 2.14. The predicted molar refractivity (Wildman–Crippen MR) is 43.4 cm³/mol. The van der Waals surface area contributed by atoms with Crippen LogP contribution < -0.4 is 0 Å². The van der Waals surface area contributed by atoms with Crippen LogP contribution in [0.2, 0.25) is 0 Å². The lowest BCUT2D eigenvalue weighted by atomic mass is 10.2.